The summed E-state index contributed by atoms with van der Waals surface area (Å²) in [6.07, 6.45) is 0. The smallest absolute Gasteiger partial charge is 0.336 e. The van der Waals surface area contributed by atoms with Crippen LogP contribution in [-0.4, -0.2) is 18.2 Å². The van der Waals surface area contributed by atoms with Crippen LogP contribution in [0.4, 0.5) is 5.69 Å². The highest BCUT2D eigenvalue weighted by Gasteiger charge is 2.16. The number of halogens is 1. The summed E-state index contributed by atoms with van der Waals surface area (Å²) >= 11 is 3.61. The van der Waals surface area contributed by atoms with E-state index in [0.717, 1.165) is 26.9 Å². The largest absolute Gasteiger partial charge is 0.493 e. The van der Waals surface area contributed by atoms with Gasteiger partial charge in [-0.15, -0.1) is 0 Å². The zero-order chi connectivity index (χ0) is 21.7. The number of methoxy groups -OCH3 is 1. The maximum absolute atomic E-state index is 11.4. The quantitative estimate of drug-likeness (QED) is 0.425. The molecule has 0 aliphatic carbocycles. The number of rotatable bonds is 8. The first-order chi connectivity index (χ1) is 14.4. The van der Waals surface area contributed by atoms with E-state index >= 15 is 0 Å². The molecule has 6 heteroatoms. The predicted octanol–water partition coefficient (Wildman–Crippen LogP) is 5.96. The summed E-state index contributed by atoms with van der Waals surface area (Å²) in [5.74, 6) is 0.343. The van der Waals surface area contributed by atoms with E-state index in [9.17, 15) is 9.90 Å². The fraction of sp³-hybridized carbons (Fsp3) is 0.208. The fourth-order valence-corrected chi connectivity index (χ4v) is 3.68. The average Bonchev–Trinajstić information content (AvgIpc) is 2.73. The Balaban J connectivity index is 1.88. The molecule has 0 aromatic heterocycles. The molecule has 0 radical (unpaired) electrons. The molecule has 0 bridgehead atoms. The van der Waals surface area contributed by atoms with Crippen molar-refractivity contribution in [1.29, 1.82) is 0 Å². The molecule has 0 aliphatic heterocycles. The second-order valence-electron chi connectivity index (χ2n) is 6.91. The first-order valence-corrected chi connectivity index (χ1v) is 10.3. The Hall–Kier alpha value is -2.99. The van der Waals surface area contributed by atoms with Gasteiger partial charge in [-0.25, -0.2) is 4.79 Å². The van der Waals surface area contributed by atoms with Crippen LogP contribution in [0.3, 0.4) is 0 Å². The third-order valence-electron chi connectivity index (χ3n) is 5.04. The Labute approximate surface area is 184 Å². The van der Waals surface area contributed by atoms with Crippen LogP contribution in [-0.2, 0) is 13.2 Å². The van der Waals surface area contributed by atoms with E-state index < -0.39 is 5.97 Å². The molecule has 30 heavy (non-hydrogen) atoms. The van der Waals surface area contributed by atoms with Crippen LogP contribution in [0.15, 0.2) is 59.1 Å². The highest BCUT2D eigenvalue weighted by molar-refractivity contribution is 9.10. The Bertz CT molecular complexity index is 1070. The zero-order valence-corrected chi connectivity index (χ0v) is 18.7. The van der Waals surface area contributed by atoms with E-state index in [1.807, 2.05) is 36.4 Å². The standard InChI is InChI=1S/C24H24BrNO4/c1-15-7-4-5-8-17(15)14-30-23-19(20(25)11-12-22(23)29-3)13-26-21-10-6-9-18(16(21)2)24(27)28/h4-12,26H,13-14H2,1-3H3,(H,27,28). The zero-order valence-electron chi connectivity index (χ0n) is 17.2. The molecule has 0 aliphatic rings. The number of carboxylic acid groups (broad SMARTS) is 1. The summed E-state index contributed by atoms with van der Waals surface area (Å²) in [5.41, 5.74) is 4.88. The molecular weight excluding hydrogens is 446 g/mol. The molecule has 0 saturated carbocycles. The van der Waals surface area contributed by atoms with Crippen molar-refractivity contribution in [3.8, 4) is 11.5 Å². The summed E-state index contributed by atoms with van der Waals surface area (Å²) in [6.45, 7) is 4.70. The molecule has 2 N–H and O–H groups in total. The van der Waals surface area contributed by atoms with Gasteiger partial charge in [0.05, 0.1) is 12.7 Å². The number of hydrogen-bond acceptors (Lipinski definition) is 4. The summed E-state index contributed by atoms with van der Waals surface area (Å²) < 4.78 is 12.6. The molecule has 0 amide bonds. The predicted molar refractivity (Wildman–Crippen MR) is 122 cm³/mol. The molecule has 0 spiro atoms. The Morgan fingerprint density at radius 3 is 2.53 bits per heavy atom. The fourth-order valence-electron chi connectivity index (χ4n) is 3.23. The lowest BCUT2D eigenvalue weighted by molar-refractivity contribution is 0.0696. The van der Waals surface area contributed by atoms with Crippen molar-refractivity contribution >= 4 is 27.6 Å². The first-order valence-electron chi connectivity index (χ1n) is 9.51. The van der Waals surface area contributed by atoms with Crippen molar-refractivity contribution in [3.05, 3.63) is 86.9 Å². The van der Waals surface area contributed by atoms with E-state index in [1.54, 1.807) is 26.2 Å². The van der Waals surface area contributed by atoms with Gasteiger partial charge in [-0.1, -0.05) is 46.3 Å². The molecule has 0 saturated heterocycles. The number of carboxylic acids is 1. The highest BCUT2D eigenvalue weighted by Crippen LogP contribution is 2.37. The Morgan fingerprint density at radius 2 is 1.83 bits per heavy atom. The molecule has 3 rings (SSSR count). The van der Waals surface area contributed by atoms with E-state index in [0.29, 0.717) is 30.2 Å². The molecule has 0 fully saturated rings. The normalized spacial score (nSPS) is 10.5. The van der Waals surface area contributed by atoms with E-state index in [1.165, 1.54) is 0 Å². The van der Waals surface area contributed by atoms with E-state index in [4.69, 9.17) is 9.47 Å². The molecule has 156 valence electrons. The summed E-state index contributed by atoms with van der Waals surface area (Å²) in [7, 11) is 1.61. The van der Waals surface area contributed by atoms with E-state index in [-0.39, 0.29) is 5.56 Å². The number of benzene rings is 3. The van der Waals surface area contributed by atoms with Crippen LogP contribution < -0.4 is 14.8 Å². The van der Waals surface area contributed by atoms with Gasteiger partial charge in [0.2, 0.25) is 0 Å². The molecule has 0 atom stereocenters. The second kappa shape index (κ2) is 9.67. The number of aromatic carboxylic acids is 1. The van der Waals surface area contributed by atoms with Crippen LogP contribution in [0.5, 0.6) is 11.5 Å². The van der Waals surface area contributed by atoms with Crippen LogP contribution >= 0.6 is 15.9 Å². The van der Waals surface area contributed by atoms with Gasteiger partial charge >= 0.3 is 5.97 Å². The Kier molecular flexibility index (Phi) is 7.00. The van der Waals surface area contributed by atoms with Crippen molar-refractivity contribution in [2.45, 2.75) is 27.0 Å². The lowest BCUT2D eigenvalue weighted by Crippen LogP contribution is -2.09. The van der Waals surface area contributed by atoms with Crippen LogP contribution in [0.2, 0.25) is 0 Å². The van der Waals surface area contributed by atoms with Gasteiger partial charge in [0.1, 0.15) is 6.61 Å². The third kappa shape index (κ3) is 4.76. The molecular formula is C24H24BrNO4. The number of nitrogens with one attached hydrogen (secondary N) is 1. The van der Waals surface area contributed by atoms with Gasteiger partial charge in [0.25, 0.3) is 0 Å². The van der Waals surface area contributed by atoms with Gasteiger partial charge in [0.15, 0.2) is 11.5 Å². The monoisotopic (exact) mass is 469 g/mol. The summed E-state index contributed by atoms with van der Waals surface area (Å²) in [6, 6.07) is 17.1. The van der Waals surface area contributed by atoms with Gasteiger partial charge in [-0.3, -0.25) is 0 Å². The van der Waals surface area contributed by atoms with Crippen molar-refractivity contribution in [3.63, 3.8) is 0 Å². The summed E-state index contributed by atoms with van der Waals surface area (Å²) in [4.78, 5) is 11.4. The summed E-state index contributed by atoms with van der Waals surface area (Å²) in [5, 5.41) is 12.7. The number of ether oxygens (including phenoxy) is 2. The van der Waals surface area contributed by atoms with Crippen LogP contribution in [0.25, 0.3) is 0 Å². The molecule has 3 aromatic carbocycles. The molecule has 5 nitrogen and oxygen atoms in total. The van der Waals surface area contributed by atoms with Gasteiger partial charge in [0, 0.05) is 22.3 Å². The highest BCUT2D eigenvalue weighted by atomic mass is 79.9. The minimum absolute atomic E-state index is 0.278. The van der Waals surface area contributed by atoms with E-state index in [2.05, 4.69) is 34.2 Å². The molecule has 0 heterocycles. The second-order valence-corrected chi connectivity index (χ2v) is 7.76. The van der Waals surface area contributed by atoms with Gasteiger partial charge in [-0.05, 0) is 54.8 Å². The molecule has 3 aromatic rings. The molecule has 0 unspecified atom stereocenters. The van der Waals surface area contributed by atoms with Crippen molar-refractivity contribution in [2.75, 3.05) is 12.4 Å². The topological polar surface area (TPSA) is 67.8 Å². The Morgan fingerprint density at radius 1 is 1.07 bits per heavy atom. The van der Waals surface area contributed by atoms with Gasteiger partial charge < -0.3 is 19.9 Å². The lowest BCUT2D eigenvalue weighted by atomic mass is 10.1. The number of anilines is 1. The maximum Gasteiger partial charge on any atom is 0.336 e. The van der Waals surface area contributed by atoms with Gasteiger partial charge in [-0.2, -0.15) is 0 Å². The van der Waals surface area contributed by atoms with Crippen molar-refractivity contribution < 1.29 is 19.4 Å². The first kappa shape index (κ1) is 21.7. The maximum atomic E-state index is 11.4. The minimum atomic E-state index is -0.944. The minimum Gasteiger partial charge on any atom is -0.493 e. The van der Waals surface area contributed by atoms with Crippen LogP contribution in [0, 0.1) is 13.8 Å². The van der Waals surface area contributed by atoms with Crippen molar-refractivity contribution in [2.24, 2.45) is 0 Å². The SMILES string of the molecule is COc1ccc(Br)c(CNc2cccc(C(=O)O)c2C)c1OCc1ccccc1C. The lowest BCUT2D eigenvalue weighted by Gasteiger charge is -2.19. The number of aryl methyl sites for hydroxylation is 1. The average molecular weight is 470 g/mol. The number of hydrogen-bond donors (Lipinski definition) is 2. The van der Waals surface area contributed by atoms with Crippen LogP contribution in [0.1, 0.15) is 32.6 Å². The number of carbonyl (C=O) groups is 1. The third-order valence-corrected chi connectivity index (χ3v) is 5.78. The van der Waals surface area contributed by atoms with Crippen molar-refractivity contribution in [1.82, 2.24) is 0 Å².